The third-order valence-corrected chi connectivity index (χ3v) is 2.86. The molecular formula is C10H22N2O. The number of nitrogens with one attached hydrogen (secondary N) is 2. The molecule has 0 saturated carbocycles. The van der Waals surface area contributed by atoms with Crippen LogP contribution in [0.3, 0.4) is 0 Å². The molecule has 78 valence electrons. The highest BCUT2D eigenvalue weighted by Gasteiger charge is 2.21. The smallest absolute Gasteiger partial charge is 0.0445 e. The molecule has 1 rings (SSSR count). The maximum Gasteiger partial charge on any atom is 0.0445 e. The average Bonchev–Trinajstić information content (AvgIpc) is 2.19. The van der Waals surface area contributed by atoms with E-state index in [0.717, 1.165) is 32.0 Å². The maximum atomic E-state index is 8.94. The molecular weight excluding hydrogens is 164 g/mol. The van der Waals surface area contributed by atoms with Crippen LogP contribution in [0, 0.1) is 5.92 Å². The van der Waals surface area contributed by atoms with Crippen LogP contribution >= 0.6 is 0 Å². The molecule has 3 heteroatoms. The van der Waals surface area contributed by atoms with E-state index < -0.39 is 0 Å². The number of hydrogen-bond donors (Lipinski definition) is 3. The van der Waals surface area contributed by atoms with Crippen molar-refractivity contribution in [3.8, 4) is 0 Å². The number of hydrogen-bond acceptors (Lipinski definition) is 3. The molecule has 0 unspecified atom stereocenters. The molecule has 1 aliphatic rings. The molecule has 0 aromatic carbocycles. The standard InChI is InChI=1S/C10H22N2O/c1-2-12-10(5-8-13)9-3-6-11-7-4-9/h9-13H,2-8H2,1H3/t10-/m0/s1. The van der Waals surface area contributed by atoms with Crippen LogP contribution < -0.4 is 10.6 Å². The van der Waals surface area contributed by atoms with Gasteiger partial charge >= 0.3 is 0 Å². The molecule has 0 aromatic heterocycles. The van der Waals surface area contributed by atoms with Crippen molar-refractivity contribution in [2.45, 2.75) is 32.2 Å². The van der Waals surface area contributed by atoms with E-state index in [0.29, 0.717) is 12.6 Å². The monoisotopic (exact) mass is 186 g/mol. The zero-order valence-electron chi connectivity index (χ0n) is 8.55. The van der Waals surface area contributed by atoms with E-state index in [1.54, 1.807) is 0 Å². The first-order valence-corrected chi connectivity index (χ1v) is 5.43. The Morgan fingerprint density at radius 3 is 2.69 bits per heavy atom. The van der Waals surface area contributed by atoms with Crippen LogP contribution in [-0.4, -0.2) is 37.4 Å². The van der Waals surface area contributed by atoms with Crippen molar-refractivity contribution in [2.24, 2.45) is 5.92 Å². The van der Waals surface area contributed by atoms with Crippen LogP contribution in [0.1, 0.15) is 26.2 Å². The summed E-state index contributed by atoms with van der Waals surface area (Å²) in [5, 5.41) is 15.8. The Morgan fingerprint density at radius 1 is 1.46 bits per heavy atom. The van der Waals surface area contributed by atoms with Crippen LogP contribution in [0.15, 0.2) is 0 Å². The van der Waals surface area contributed by atoms with Crippen molar-refractivity contribution >= 4 is 0 Å². The molecule has 13 heavy (non-hydrogen) atoms. The molecule has 1 saturated heterocycles. The van der Waals surface area contributed by atoms with Gasteiger partial charge in [0.1, 0.15) is 0 Å². The van der Waals surface area contributed by atoms with Gasteiger partial charge in [0.05, 0.1) is 0 Å². The minimum absolute atomic E-state index is 0.307. The number of aliphatic hydroxyl groups excluding tert-OH is 1. The molecule has 0 bridgehead atoms. The summed E-state index contributed by atoms with van der Waals surface area (Å²) in [4.78, 5) is 0. The Kier molecular flexibility index (Phi) is 5.35. The molecule has 1 aliphatic heterocycles. The van der Waals surface area contributed by atoms with E-state index in [-0.39, 0.29) is 0 Å². The van der Waals surface area contributed by atoms with Gasteiger partial charge in [0.15, 0.2) is 0 Å². The highest BCUT2D eigenvalue weighted by Crippen LogP contribution is 2.18. The summed E-state index contributed by atoms with van der Waals surface area (Å²) in [5.74, 6) is 0.758. The molecule has 0 amide bonds. The van der Waals surface area contributed by atoms with Crippen LogP contribution in [0.2, 0.25) is 0 Å². The van der Waals surface area contributed by atoms with Gasteiger partial charge in [0.25, 0.3) is 0 Å². The predicted octanol–water partition coefficient (Wildman–Crippen LogP) is 0.346. The second-order valence-electron chi connectivity index (χ2n) is 3.76. The van der Waals surface area contributed by atoms with Gasteiger partial charge in [-0.2, -0.15) is 0 Å². The second-order valence-corrected chi connectivity index (χ2v) is 3.76. The SMILES string of the molecule is CCN[C@@H](CCO)C1CCNCC1. The molecule has 1 atom stereocenters. The fourth-order valence-corrected chi connectivity index (χ4v) is 2.15. The Balaban J connectivity index is 2.32. The lowest BCUT2D eigenvalue weighted by molar-refractivity contribution is 0.213. The van der Waals surface area contributed by atoms with Gasteiger partial charge in [0, 0.05) is 12.6 Å². The summed E-state index contributed by atoms with van der Waals surface area (Å²) in [6, 6.07) is 0.525. The van der Waals surface area contributed by atoms with E-state index in [1.165, 1.54) is 12.8 Å². The van der Waals surface area contributed by atoms with Gasteiger partial charge in [-0.15, -0.1) is 0 Å². The predicted molar refractivity (Wildman–Crippen MR) is 54.8 cm³/mol. The van der Waals surface area contributed by atoms with Gasteiger partial charge in [-0.25, -0.2) is 0 Å². The summed E-state index contributed by atoms with van der Waals surface area (Å²) in [6.45, 7) is 5.72. The summed E-state index contributed by atoms with van der Waals surface area (Å²) >= 11 is 0. The van der Waals surface area contributed by atoms with E-state index in [4.69, 9.17) is 5.11 Å². The Hall–Kier alpha value is -0.120. The lowest BCUT2D eigenvalue weighted by Gasteiger charge is -2.30. The fraction of sp³-hybridized carbons (Fsp3) is 1.00. The first kappa shape index (κ1) is 11.0. The largest absolute Gasteiger partial charge is 0.396 e. The summed E-state index contributed by atoms with van der Waals surface area (Å²) < 4.78 is 0. The fourth-order valence-electron chi connectivity index (χ4n) is 2.15. The zero-order chi connectivity index (χ0) is 9.52. The van der Waals surface area contributed by atoms with Crippen molar-refractivity contribution in [1.82, 2.24) is 10.6 Å². The van der Waals surface area contributed by atoms with Gasteiger partial charge in [0.2, 0.25) is 0 Å². The quantitative estimate of drug-likeness (QED) is 0.580. The van der Waals surface area contributed by atoms with Gasteiger partial charge in [-0.05, 0) is 44.8 Å². The molecule has 1 fully saturated rings. The minimum Gasteiger partial charge on any atom is -0.396 e. The van der Waals surface area contributed by atoms with Crippen LogP contribution in [0.4, 0.5) is 0 Å². The highest BCUT2D eigenvalue weighted by atomic mass is 16.3. The first-order chi connectivity index (χ1) is 6.38. The minimum atomic E-state index is 0.307. The maximum absolute atomic E-state index is 8.94. The van der Waals surface area contributed by atoms with Crippen molar-refractivity contribution in [3.63, 3.8) is 0 Å². The van der Waals surface area contributed by atoms with Crippen LogP contribution in [0.5, 0.6) is 0 Å². The number of rotatable bonds is 5. The third-order valence-electron chi connectivity index (χ3n) is 2.86. The topological polar surface area (TPSA) is 44.3 Å². The Morgan fingerprint density at radius 2 is 2.15 bits per heavy atom. The van der Waals surface area contributed by atoms with E-state index in [1.807, 2.05) is 0 Å². The lowest BCUT2D eigenvalue weighted by atomic mass is 9.88. The normalized spacial score (nSPS) is 21.7. The lowest BCUT2D eigenvalue weighted by Crippen LogP contribution is -2.42. The Bertz CT molecular complexity index is 118. The average molecular weight is 186 g/mol. The highest BCUT2D eigenvalue weighted by molar-refractivity contribution is 4.80. The van der Waals surface area contributed by atoms with E-state index in [9.17, 15) is 0 Å². The number of piperidine rings is 1. The van der Waals surface area contributed by atoms with Crippen molar-refractivity contribution < 1.29 is 5.11 Å². The summed E-state index contributed by atoms with van der Waals surface area (Å²) in [6.07, 6.45) is 3.40. The molecule has 0 aromatic rings. The second kappa shape index (κ2) is 6.35. The van der Waals surface area contributed by atoms with Crippen molar-refractivity contribution in [2.75, 3.05) is 26.2 Å². The molecule has 0 radical (unpaired) electrons. The summed E-state index contributed by atoms with van der Waals surface area (Å²) in [7, 11) is 0. The van der Waals surface area contributed by atoms with Crippen molar-refractivity contribution in [1.29, 1.82) is 0 Å². The van der Waals surface area contributed by atoms with Gasteiger partial charge in [-0.1, -0.05) is 6.92 Å². The van der Waals surface area contributed by atoms with Crippen LogP contribution in [-0.2, 0) is 0 Å². The number of aliphatic hydroxyl groups is 1. The first-order valence-electron chi connectivity index (χ1n) is 5.43. The van der Waals surface area contributed by atoms with Crippen molar-refractivity contribution in [3.05, 3.63) is 0 Å². The molecule has 0 spiro atoms. The van der Waals surface area contributed by atoms with E-state index in [2.05, 4.69) is 17.6 Å². The van der Waals surface area contributed by atoms with Gasteiger partial charge in [-0.3, -0.25) is 0 Å². The molecule has 3 nitrogen and oxygen atoms in total. The zero-order valence-corrected chi connectivity index (χ0v) is 8.55. The molecule has 0 aliphatic carbocycles. The third kappa shape index (κ3) is 3.63. The summed E-state index contributed by atoms with van der Waals surface area (Å²) in [5.41, 5.74) is 0. The molecule has 1 heterocycles. The van der Waals surface area contributed by atoms with E-state index >= 15 is 0 Å². The molecule has 3 N–H and O–H groups in total. The Labute approximate surface area is 80.9 Å². The van der Waals surface area contributed by atoms with Gasteiger partial charge < -0.3 is 15.7 Å². The van der Waals surface area contributed by atoms with Crippen LogP contribution in [0.25, 0.3) is 0 Å².